The number of amides is 1. The van der Waals surface area contributed by atoms with E-state index in [1.165, 1.54) is 5.56 Å². The number of alkyl halides is 1. The normalized spacial score (nSPS) is 30.0. The van der Waals surface area contributed by atoms with Crippen LogP contribution >= 0.6 is 22.6 Å². The molecule has 1 amide bonds. The number of ether oxygens (including phenoxy) is 1. The van der Waals surface area contributed by atoms with Crippen molar-refractivity contribution in [3.63, 3.8) is 0 Å². The average molecular weight is 357 g/mol. The van der Waals surface area contributed by atoms with E-state index in [9.17, 15) is 4.79 Å². The van der Waals surface area contributed by atoms with Crippen LogP contribution in [0.1, 0.15) is 18.4 Å². The molecule has 0 spiro atoms. The third kappa shape index (κ3) is 2.00. The lowest BCUT2D eigenvalue weighted by molar-refractivity contribution is -0.134. The molecule has 3 nitrogen and oxygen atoms in total. The zero-order valence-electron chi connectivity index (χ0n) is 10.3. The number of carbonyl (C=O) groups is 1. The summed E-state index contributed by atoms with van der Waals surface area (Å²) in [5.74, 6) is 1.50. The molecule has 2 fully saturated rings. The number of methoxy groups -OCH3 is 1. The van der Waals surface area contributed by atoms with Crippen LogP contribution in [0.2, 0.25) is 0 Å². The summed E-state index contributed by atoms with van der Waals surface area (Å²) in [5, 5.41) is 0. The molecule has 0 aromatic heterocycles. The van der Waals surface area contributed by atoms with Gasteiger partial charge in [-0.05, 0) is 30.5 Å². The Kier molecular flexibility index (Phi) is 3.21. The van der Waals surface area contributed by atoms with Crippen molar-refractivity contribution in [1.82, 2.24) is 4.90 Å². The van der Waals surface area contributed by atoms with Crippen LogP contribution in [0.15, 0.2) is 24.3 Å². The summed E-state index contributed by atoms with van der Waals surface area (Å²) in [7, 11) is 1.67. The van der Waals surface area contributed by atoms with Gasteiger partial charge in [0.05, 0.1) is 7.11 Å². The summed E-state index contributed by atoms with van der Waals surface area (Å²) in [6.07, 6.45) is 2.13. The van der Waals surface area contributed by atoms with Gasteiger partial charge >= 0.3 is 0 Å². The molecule has 3 rings (SSSR count). The van der Waals surface area contributed by atoms with E-state index in [2.05, 4.69) is 27.5 Å². The van der Waals surface area contributed by atoms with Gasteiger partial charge in [-0.15, -0.1) is 0 Å². The third-order valence-corrected chi connectivity index (χ3v) is 5.34. The van der Waals surface area contributed by atoms with Crippen LogP contribution in [-0.2, 0) is 11.3 Å². The Morgan fingerprint density at radius 2 is 2.06 bits per heavy atom. The smallest absolute Gasteiger partial charge is 0.226 e. The monoisotopic (exact) mass is 357 g/mol. The minimum atomic E-state index is 0.287. The Morgan fingerprint density at radius 3 is 2.67 bits per heavy atom. The highest BCUT2D eigenvalue weighted by Gasteiger charge is 2.49. The lowest BCUT2D eigenvalue weighted by Crippen LogP contribution is -2.41. The average Bonchev–Trinajstić information content (AvgIpc) is 2.89. The van der Waals surface area contributed by atoms with E-state index in [0.29, 0.717) is 15.9 Å². The van der Waals surface area contributed by atoms with Gasteiger partial charge < -0.3 is 9.64 Å². The molecule has 1 aliphatic carbocycles. The molecule has 3 atom stereocenters. The number of piperidine rings is 1. The zero-order valence-corrected chi connectivity index (χ0v) is 12.5. The number of halogens is 1. The van der Waals surface area contributed by atoms with Crippen molar-refractivity contribution in [3.05, 3.63) is 29.8 Å². The Balaban J connectivity index is 1.74. The number of hydrogen-bond acceptors (Lipinski definition) is 2. The van der Waals surface area contributed by atoms with Crippen LogP contribution in [0, 0.1) is 5.92 Å². The largest absolute Gasteiger partial charge is 0.497 e. The van der Waals surface area contributed by atoms with Gasteiger partial charge in [-0.2, -0.15) is 0 Å². The fourth-order valence-corrected chi connectivity index (χ4v) is 4.30. The highest BCUT2D eigenvalue weighted by atomic mass is 127. The first-order valence-corrected chi connectivity index (χ1v) is 7.51. The Bertz CT molecular complexity index is 459. The standard InChI is InChI=1S/C14H16INO2/c1-18-11-4-2-9(3-5-11)8-16-13-7-10(14(16)17)6-12(13)15/h2-5,10,12-13H,6-8H2,1H3/t10-,12-,13-/m1/s1. The van der Waals surface area contributed by atoms with E-state index in [1.807, 2.05) is 24.3 Å². The SMILES string of the molecule is COc1ccc(CN2C(=O)[C@@H]3C[C@@H](I)[C@H]2C3)cc1. The van der Waals surface area contributed by atoms with Gasteiger partial charge in [0.25, 0.3) is 0 Å². The van der Waals surface area contributed by atoms with Gasteiger partial charge in [-0.3, -0.25) is 4.79 Å². The van der Waals surface area contributed by atoms with Crippen LogP contribution in [-0.4, -0.2) is 27.9 Å². The van der Waals surface area contributed by atoms with Crippen molar-refractivity contribution in [1.29, 1.82) is 0 Å². The predicted octanol–water partition coefficient (Wildman–Crippen LogP) is 2.62. The minimum absolute atomic E-state index is 0.287. The highest BCUT2D eigenvalue weighted by Crippen LogP contribution is 2.43. The number of hydrogen-bond donors (Lipinski definition) is 0. The molecule has 1 saturated heterocycles. The Hall–Kier alpha value is -0.780. The topological polar surface area (TPSA) is 29.5 Å². The van der Waals surface area contributed by atoms with E-state index in [1.54, 1.807) is 7.11 Å². The van der Waals surface area contributed by atoms with Gasteiger partial charge in [0.15, 0.2) is 0 Å². The first kappa shape index (κ1) is 12.3. The number of likely N-dealkylation sites (tertiary alicyclic amines) is 1. The minimum Gasteiger partial charge on any atom is -0.497 e. The number of benzene rings is 1. The van der Waals surface area contributed by atoms with E-state index in [4.69, 9.17) is 4.74 Å². The first-order chi connectivity index (χ1) is 8.69. The maximum Gasteiger partial charge on any atom is 0.226 e. The summed E-state index contributed by atoms with van der Waals surface area (Å²) in [4.78, 5) is 14.2. The van der Waals surface area contributed by atoms with Crippen LogP contribution in [0.4, 0.5) is 0 Å². The molecule has 1 aromatic rings. The van der Waals surface area contributed by atoms with E-state index in [0.717, 1.165) is 25.1 Å². The van der Waals surface area contributed by atoms with E-state index in [-0.39, 0.29) is 5.92 Å². The van der Waals surface area contributed by atoms with Crippen LogP contribution in [0.3, 0.4) is 0 Å². The molecule has 0 radical (unpaired) electrons. The van der Waals surface area contributed by atoms with Gasteiger partial charge in [0, 0.05) is 22.4 Å². The van der Waals surface area contributed by atoms with Crippen molar-refractivity contribution in [2.45, 2.75) is 29.4 Å². The van der Waals surface area contributed by atoms with Crippen LogP contribution in [0.25, 0.3) is 0 Å². The van der Waals surface area contributed by atoms with Crippen LogP contribution in [0.5, 0.6) is 5.75 Å². The molecule has 1 saturated carbocycles. The number of fused-ring (bicyclic) bond motifs is 2. The van der Waals surface area contributed by atoms with Gasteiger partial charge in [-0.1, -0.05) is 34.7 Å². The number of rotatable bonds is 3. The summed E-state index contributed by atoms with van der Waals surface area (Å²) in [6, 6.07) is 8.44. The highest BCUT2D eigenvalue weighted by molar-refractivity contribution is 14.1. The zero-order chi connectivity index (χ0) is 12.7. The molecule has 2 aliphatic rings. The predicted molar refractivity (Wildman–Crippen MR) is 77.9 cm³/mol. The fourth-order valence-electron chi connectivity index (χ4n) is 3.01. The molecule has 1 aromatic carbocycles. The number of nitrogens with zero attached hydrogens (tertiary/aromatic N) is 1. The molecule has 4 heteroatoms. The van der Waals surface area contributed by atoms with E-state index < -0.39 is 0 Å². The third-order valence-electron chi connectivity index (χ3n) is 4.00. The first-order valence-electron chi connectivity index (χ1n) is 6.26. The summed E-state index contributed by atoms with van der Waals surface area (Å²) in [6.45, 7) is 0.740. The lowest BCUT2D eigenvalue weighted by atomic mass is 10.1. The molecular weight excluding hydrogens is 341 g/mol. The maximum absolute atomic E-state index is 12.1. The lowest BCUT2D eigenvalue weighted by Gasteiger charge is -2.30. The number of carbonyl (C=O) groups excluding carboxylic acids is 1. The van der Waals surface area contributed by atoms with Crippen molar-refractivity contribution >= 4 is 28.5 Å². The fraction of sp³-hybridized carbons (Fsp3) is 0.500. The summed E-state index contributed by atoms with van der Waals surface area (Å²) >= 11 is 2.49. The Labute approximate surface area is 121 Å². The second-order valence-electron chi connectivity index (χ2n) is 5.07. The van der Waals surface area contributed by atoms with Gasteiger partial charge in [0.1, 0.15) is 5.75 Å². The molecule has 0 unspecified atom stereocenters. The van der Waals surface area contributed by atoms with E-state index >= 15 is 0 Å². The van der Waals surface area contributed by atoms with Gasteiger partial charge in [-0.25, -0.2) is 0 Å². The molecule has 1 aliphatic heterocycles. The second kappa shape index (κ2) is 4.72. The molecule has 0 N–H and O–H groups in total. The molecular formula is C14H16INO2. The van der Waals surface area contributed by atoms with Crippen LogP contribution < -0.4 is 4.74 Å². The Morgan fingerprint density at radius 1 is 1.33 bits per heavy atom. The maximum atomic E-state index is 12.1. The van der Waals surface area contributed by atoms with Crippen molar-refractivity contribution in [2.24, 2.45) is 5.92 Å². The van der Waals surface area contributed by atoms with Crippen molar-refractivity contribution < 1.29 is 9.53 Å². The van der Waals surface area contributed by atoms with Gasteiger partial charge in [0.2, 0.25) is 5.91 Å². The molecule has 2 bridgehead atoms. The van der Waals surface area contributed by atoms with Crippen molar-refractivity contribution in [2.75, 3.05) is 7.11 Å². The van der Waals surface area contributed by atoms with Crippen molar-refractivity contribution in [3.8, 4) is 5.75 Å². The molecule has 96 valence electrons. The molecule has 18 heavy (non-hydrogen) atoms. The second-order valence-corrected chi connectivity index (χ2v) is 6.67. The summed E-state index contributed by atoms with van der Waals surface area (Å²) < 4.78 is 5.77. The quantitative estimate of drug-likeness (QED) is 0.615. The summed E-state index contributed by atoms with van der Waals surface area (Å²) in [5.41, 5.74) is 1.18. The molecule has 1 heterocycles.